The number of aliphatic imine (C=N–C) groups is 1. The van der Waals surface area contributed by atoms with Crippen LogP contribution in [0.3, 0.4) is 0 Å². The van der Waals surface area contributed by atoms with Gasteiger partial charge >= 0.3 is 0 Å². The van der Waals surface area contributed by atoms with Crippen molar-refractivity contribution in [3.63, 3.8) is 0 Å². The van der Waals surface area contributed by atoms with Crippen LogP contribution in [0.25, 0.3) is 0 Å². The number of ketones is 1. The smallest absolute Gasteiger partial charge is 0.195 e. The SMILES string of the molecule is C=CN=C(N)C(C)C(C)N(C)/C=C(\O)C(C)=O. The topological polar surface area (TPSA) is 78.9 Å². The van der Waals surface area contributed by atoms with Crippen molar-refractivity contribution in [2.24, 2.45) is 16.6 Å². The molecule has 0 amide bonds. The molecule has 0 aromatic heterocycles. The number of hydrogen-bond acceptors (Lipinski definition) is 4. The van der Waals surface area contributed by atoms with Gasteiger partial charge in [-0.05, 0) is 6.92 Å². The average molecular weight is 239 g/mol. The highest BCUT2D eigenvalue weighted by Crippen LogP contribution is 2.11. The van der Waals surface area contributed by atoms with Crippen LogP contribution in [0.1, 0.15) is 20.8 Å². The summed E-state index contributed by atoms with van der Waals surface area (Å²) in [4.78, 5) is 16.6. The summed E-state index contributed by atoms with van der Waals surface area (Å²) in [6, 6.07) is 0.000185. The number of carbonyl (C=O) groups excluding carboxylic acids is 1. The fourth-order valence-corrected chi connectivity index (χ4v) is 1.22. The molecule has 0 bridgehead atoms. The molecule has 0 aromatic rings. The first kappa shape index (κ1) is 15.2. The Morgan fingerprint density at radius 2 is 2.06 bits per heavy atom. The highest BCUT2D eigenvalue weighted by Gasteiger charge is 2.19. The van der Waals surface area contributed by atoms with E-state index in [2.05, 4.69) is 11.6 Å². The van der Waals surface area contributed by atoms with E-state index in [9.17, 15) is 9.90 Å². The highest BCUT2D eigenvalue weighted by molar-refractivity contribution is 5.90. The molecule has 0 aliphatic heterocycles. The summed E-state index contributed by atoms with van der Waals surface area (Å²) in [7, 11) is 1.77. The molecule has 17 heavy (non-hydrogen) atoms. The number of aliphatic hydroxyl groups is 1. The van der Waals surface area contributed by atoms with Crippen molar-refractivity contribution in [2.45, 2.75) is 26.8 Å². The van der Waals surface area contributed by atoms with Crippen LogP contribution in [0, 0.1) is 5.92 Å². The number of nitrogens with zero attached hydrogens (tertiary/aromatic N) is 2. The fourth-order valence-electron chi connectivity index (χ4n) is 1.22. The van der Waals surface area contributed by atoms with Gasteiger partial charge in [0.05, 0.1) is 0 Å². The summed E-state index contributed by atoms with van der Waals surface area (Å²) in [6.45, 7) is 8.64. The maximum Gasteiger partial charge on any atom is 0.195 e. The van der Waals surface area contributed by atoms with Crippen LogP contribution >= 0.6 is 0 Å². The average Bonchev–Trinajstić information content (AvgIpc) is 2.26. The molecule has 0 fully saturated rings. The van der Waals surface area contributed by atoms with Crippen LogP contribution in [0.2, 0.25) is 0 Å². The van der Waals surface area contributed by atoms with Gasteiger partial charge in [-0.2, -0.15) is 0 Å². The summed E-state index contributed by atoms with van der Waals surface area (Å²) in [5.41, 5.74) is 5.76. The fraction of sp³-hybridized carbons (Fsp3) is 0.500. The Hall–Kier alpha value is -1.78. The minimum atomic E-state index is -0.371. The molecule has 5 heteroatoms. The maximum atomic E-state index is 10.9. The summed E-state index contributed by atoms with van der Waals surface area (Å²) in [6.07, 6.45) is 2.78. The van der Waals surface area contributed by atoms with Gasteiger partial charge in [-0.3, -0.25) is 4.79 Å². The first-order valence-corrected chi connectivity index (χ1v) is 5.39. The Morgan fingerprint density at radius 1 is 1.53 bits per heavy atom. The number of aliphatic hydroxyl groups excluding tert-OH is 1. The van der Waals surface area contributed by atoms with E-state index in [4.69, 9.17) is 5.73 Å². The minimum absolute atomic E-state index is 0.000185. The molecule has 0 aromatic carbocycles. The molecule has 3 N–H and O–H groups in total. The van der Waals surface area contributed by atoms with E-state index in [1.54, 1.807) is 11.9 Å². The van der Waals surface area contributed by atoms with Gasteiger partial charge in [-0.15, -0.1) is 0 Å². The van der Waals surface area contributed by atoms with Crippen LogP contribution in [-0.2, 0) is 4.79 Å². The molecule has 2 unspecified atom stereocenters. The Bertz CT molecular complexity index is 348. The third-order valence-electron chi connectivity index (χ3n) is 2.76. The third kappa shape index (κ3) is 4.72. The van der Waals surface area contributed by atoms with Crippen LogP contribution in [0.15, 0.2) is 29.7 Å². The second-order valence-corrected chi connectivity index (χ2v) is 4.00. The van der Waals surface area contributed by atoms with Crippen molar-refractivity contribution in [2.75, 3.05) is 7.05 Å². The van der Waals surface area contributed by atoms with Gasteiger partial charge < -0.3 is 15.7 Å². The summed E-state index contributed by atoms with van der Waals surface area (Å²) < 4.78 is 0. The normalized spacial score (nSPS) is 16.2. The molecule has 0 aliphatic rings. The van der Waals surface area contributed by atoms with E-state index in [1.807, 2.05) is 13.8 Å². The number of hydrogen-bond donors (Lipinski definition) is 2. The van der Waals surface area contributed by atoms with Crippen molar-refractivity contribution < 1.29 is 9.90 Å². The molecule has 5 nitrogen and oxygen atoms in total. The monoisotopic (exact) mass is 239 g/mol. The number of rotatable bonds is 6. The minimum Gasteiger partial charge on any atom is -0.503 e. The lowest BCUT2D eigenvalue weighted by molar-refractivity contribution is -0.116. The second kappa shape index (κ2) is 6.73. The zero-order valence-corrected chi connectivity index (χ0v) is 10.8. The van der Waals surface area contributed by atoms with E-state index >= 15 is 0 Å². The van der Waals surface area contributed by atoms with Crippen molar-refractivity contribution in [1.29, 1.82) is 0 Å². The van der Waals surface area contributed by atoms with Crippen molar-refractivity contribution in [3.8, 4) is 0 Å². The molecule has 0 rings (SSSR count). The lowest BCUT2D eigenvalue weighted by Gasteiger charge is -2.28. The maximum absolute atomic E-state index is 10.9. The van der Waals surface area contributed by atoms with Crippen LogP contribution in [0.4, 0.5) is 0 Å². The number of carbonyl (C=O) groups is 1. The van der Waals surface area contributed by atoms with Crippen LogP contribution in [0.5, 0.6) is 0 Å². The predicted octanol–water partition coefficient (Wildman–Crippen LogP) is 1.43. The van der Waals surface area contributed by atoms with Gasteiger partial charge in [-0.25, -0.2) is 4.99 Å². The van der Waals surface area contributed by atoms with Crippen molar-refractivity contribution in [1.82, 2.24) is 4.90 Å². The first-order chi connectivity index (χ1) is 7.81. The Morgan fingerprint density at radius 3 is 2.47 bits per heavy atom. The van der Waals surface area contributed by atoms with Gasteiger partial charge in [0.25, 0.3) is 0 Å². The van der Waals surface area contributed by atoms with Crippen LogP contribution < -0.4 is 5.73 Å². The van der Waals surface area contributed by atoms with Gasteiger partial charge in [0, 0.05) is 38.3 Å². The highest BCUT2D eigenvalue weighted by atomic mass is 16.3. The summed E-state index contributed by atoms with van der Waals surface area (Å²) >= 11 is 0. The van der Waals surface area contributed by atoms with Crippen molar-refractivity contribution in [3.05, 3.63) is 24.7 Å². The zero-order valence-electron chi connectivity index (χ0n) is 10.8. The van der Waals surface area contributed by atoms with E-state index < -0.39 is 0 Å². The molecule has 0 saturated carbocycles. The number of Topliss-reactive ketones (excluding diaryl/α,β-unsaturated/α-hetero) is 1. The van der Waals surface area contributed by atoms with Gasteiger partial charge in [0.15, 0.2) is 11.5 Å². The lowest BCUT2D eigenvalue weighted by Crippen LogP contribution is -2.38. The summed E-state index contributed by atoms with van der Waals surface area (Å²) in [5.74, 6) is -0.195. The zero-order chi connectivity index (χ0) is 13.6. The molecule has 2 atom stereocenters. The molecule has 0 radical (unpaired) electrons. The summed E-state index contributed by atoms with van der Waals surface area (Å²) in [5, 5.41) is 9.36. The standard InChI is InChI=1S/C12H21N3O2/c1-6-14-12(13)8(2)9(3)15(5)7-11(17)10(4)16/h6-9,17H,1H2,2-5H3,(H2,13,14)/b11-7-. The molecular formula is C12H21N3O2. The van der Waals surface area contributed by atoms with Gasteiger partial charge in [-0.1, -0.05) is 13.5 Å². The van der Waals surface area contributed by atoms with E-state index in [1.165, 1.54) is 19.3 Å². The Labute approximate surface area is 102 Å². The van der Waals surface area contributed by atoms with Gasteiger partial charge in [0.1, 0.15) is 5.84 Å². The van der Waals surface area contributed by atoms with E-state index in [-0.39, 0.29) is 23.5 Å². The Kier molecular flexibility index (Phi) is 6.02. The molecule has 0 heterocycles. The molecule has 0 spiro atoms. The second-order valence-electron chi connectivity index (χ2n) is 4.00. The quantitative estimate of drug-likeness (QED) is 0.318. The Balaban J connectivity index is 4.76. The largest absolute Gasteiger partial charge is 0.503 e. The lowest BCUT2D eigenvalue weighted by atomic mass is 10.0. The van der Waals surface area contributed by atoms with Crippen LogP contribution in [-0.4, -0.2) is 34.7 Å². The van der Waals surface area contributed by atoms with Gasteiger partial charge in [0.2, 0.25) is 0 Å². The van der Waals surface area contributed by atoms with E-state index in [0.29, 0.717) is 5.84 Å². The first-order valence-electron chi connectivity index (χ1n) is 5.39. The third-order valence-corrected chi connectivity index (χ3v) is 2.76. The van der Waals surface area contributed by atoms with E-state index in [0.717, 1.165) is 0 Å². The number of amidine groups is 1. The molecule has 0 aliphatic carbocycles. The predicted molar refractivity (Wildman–Crippen MR) is 69.6 cm³/mol. The number of allylic oxidation sites excluding steroid dienone is 1. The molecule has 0 saturated heterocycles. The molecule has 96 valence electrons. The van der Waals surface area contributed by atoms with Crippen molar-refractivity contribution >= 4 is 11.6 Å². The molecular weight excluding hydrogens is 218 g/mol. The number of nitrogens with two attached hydrogens (primary N) is 1.